The van der Waals surface area contributed by atoms with Crippen molar-refractivity contribution in [3.8, 4) is 11.5 Å². The van der Waals surface area contributed by atoms with Crippen LogP contribution >= 0.6 is 23.1 Å². The smallest absolute Gasteiger partial charge is 0.226 e. The van der Waals surface area contributed by atoms with Gasteiger partial charge in [0.2, 0.25) is 11.0 Å². The number of thioether (sulfide) groups is 1. The summed E-state index contributed by atoms with van der Waals surface area (Å²) >= 11 is 2.83. The molecule has 0 aliphatic rings. The van der Waals surface area contributed by atoms with Crippen LogP contribution in [0.4, 0.5) is 19.6 Å². The summed E-state index contributed by atoms with van der Waals surface area (Å²) in [5.74, 6) is 0.373. The zero-order valence-electron chi connectivity index (χ0n) is 13.7. The second-order valence-electron chi connectivity index (χ2n) is 5.45. The summed E-state index contributed by atoms with van der Waals surface area (Å²) in [5, 5.41) is 11.7. The molecule has 9 heteroatoms. The van der Waals surface area contributed by atoms with E-state index in [2.05, 4.69) is 20.5 Å². The van der Waals surface area contributed by atoms with Gasteiger partial charge in [-0.05, 0) is 42.5 Å². The van der Waals surface area contributed by atoms with Crippen LogP contribution in [-0.4, -0.2) is 15.2 Å². The Morgan fingerprint density at radius 1 is 1.04 bits per heavy atom. The van der Waals surface area contributed by atoms with Crippen LogP contribution in [0.25, 0.3) is 11.5 Å². The Morgan fingerprint density at radius 2 is 1.89 bits per heavy atom. The molecule has 0 atom stereocenters. The average molecular weight is 402 g/mol. The Morgan fingerprint density at radius 3 is 2.70 bits per heavy atom. The molecular weight excluding hydrogens is 390 g/mol. The first-order valence-electron chi connectivity index (χ1n) is 7.85. The summed E-state index contributed by atoms with van der Waals surface area (Å²) in [6.45, 7) is 0. The maximum absolute atomic E-state index is 13.2. The Labute approximate surface area is 161 Å². The van der Waals surface area contributed by atoms with Gasteiger partial charge in [-0.2, -0.15) is 0 Å². The molecule has 0 saturated heterocycles. The van der Waals surface area contributed by atoms with E-state index < -0.39 is 0 Å². The van der Waals surface area contributed by atoms with Gasteiger partial charge in [-0.3, -0.25) is 0 Å². The summed E-state index contributed by atoms with van der Waals surface area (Å²) in [6, 6.07) is 12.1. The summed E-state index contributed by atoms with van der Waals surface area (Å²) in [6.07, 6.45) is 1.57. The van der Waals surface area contributed by atoms with Crippen LogP contribution < -0.4 is 5.32 Å². The van der Waals surface area contributed by atoms with E-state index in [9.17, 15) is 8.78 Å². The van der Waals surface area contributed by atoms with E-state index in [0.717, 1.165) is 10.0 Å². The van der Waals surface area contributed by atoms with E-state index in [1.165, 1.54) is 47.4 Å². The fourth-order valence-corrected chi connectivity index (χ4v) is 3.89. The lowest BCUT2D eigenvalue weighted by molar-refractivity contribution is 0.573. The van der Waals surface area contributed by atoms with E-state index in [1.54, 1.807) is 30.5 Å². The largest absolute Gasteiger partial charge is 0.444 e. The molecule has 0 amide bonds. The Bertz CT molecular complexity index is 1050. The molecule has 0 unspecified atom stereocenters. The molecule has 0 radical (unpaired) electrons. The molecule has 2 aromatic carbocycles. The number of halogens is 2. The fraction of sp³-hybridized carbons (Fsp3) is 0.0556. The number of oxazole rings is 1. The SMILES string of the molecule is Fc1ccc(-c2nc(CSc3nnc(Nc4cccc(F)c4)s3)co2)cc1. The van der Waals surface area contributed by atoms with E-state index in [4.69, 9.17) is 4.42 Å². The molecule has 0 aliphatic heterocycles. The average Bonchev–Trinajstić information content (AvgIpc) is 3.30. The van der Waals surface area contributed by atoms with Gasteiger partial charge in [0.25, 0.3) is 0 Å². The van der Waals surface area contributed by atoms with Crippen LogP contribution in [0.1, 0.15) is 5.69 Å². The van der Waals surface area contributed by atoms with Crippen LogP contribution in [0.15, 0.2) is 63.6 Å². The molecule has 2 aromatic heterocycles. The molecule has 136 valence electrons. The number of nitrogens with zero attached hydrogens (tertiary/aromatic N) is 3. The Kier molecular flexibility index (Phi) is 5.12. The molecule has 1 N–H and O–H groups in total. The summed E-state index contributed by atoms with van der Waals surface area (Å²) in [7, 11) is 0. The normalized spacial score (nSPS) is 10.9. The zero-order chi connectivity index (χ0) is 18.6. The van der Waals surface area contributed by atoms with Gasteiger partial charge >= 0.3 is 0 Å². The van der Waals surface area contributed by atoms with Crippen molar-refractivity contribution >= 4 is 33.9 Å². The monoisotopic (exact) mass is 402 g/mol. The highest BCUT2D eigenvalue weighted by atomic mass is 32.2. The number of rotatable bonds is 6. The van der Waals surface area contributed by atoms with Gasteiger partial charge in [-0.1, -0.05) is 29.2 Å². The third kappa shape index (κ3) is 4.50. The number of nitrogens with one attached hydrogen (secondary N) is 1. The summed E-state index contributed by atoms with van der Waals surface area (Å²) in [5.41, 5.74) is 2.07. The lowest BCUT2D eigenvalue weighted by Crippen LogP contribution is -1.89. The molecule has 0 bridgehead atoms. The topological polar surface area (TPSA) is 63.8 Å². The first-order valence-corrected chi connectivity index (χ1v) is 9.65. The number of hydrogen-bond acceptors (Lipinski definition) is 7. The lowest BCUT2D eigenvalue weighted by Gasteiger charge is -2.00. The van der Waals surface area contributed by atoms with Gasteiger partial charge in [0, 0.05) is 17.0 Å². The van der Waals surface area contributed by atoms with Gasteiger partial charge < -0.3 is 9.73 Å². The van der Waals surface area contributed by atoms with Gasteiger partial charge in [-0.25, -0.2) is 13.8 Å². The van der Waals surface area contributed by atoms with Gasteiger partial charge in [0.05, 0.1) is 5.69 Å². The molecule has 0 aliphatic carbocycles. The highest BCUT2D eigenvalue weighted by molar-refractivity contribution is 8.00. The van der Waals surface area contributed by atoms with E-state index >= 15 is 0 Å². The highest BCUT2D eigenvalue weighted by Gasteiger charge is 2.10. The molecule has 2 heterocycles. The van der Waals surface area contributed by atoms with Crippen LogP contribution in [0.2, 0.25) is 0 Å². The predicted molar refractivity (Wildman–Crippen MR) is 101 cm³/mol. The summed E-state index contributed by atoms with van der Waals surface area (Å²) < 4.78 is 32.4. The van der Waals surface area contributed by atoms with Crippen LogP contribution in [0.3, 0.4) is 0 Å². The number of aromatic nitrogens is 3. The van der Waals surface area contributed by atoms with Crippen molar-refractivity contribution in [1.29, 1.82) is 0 Å². The molecule has 4 aromatic rings. The maximum Gasteiger partial charge on any atom is 0.226 e. The standard InChI is InChI=1S/C18H12F2N4OS2/c19-12-6-4-11(5-7-12)16-21-15(9-25-16)10-26-18-24-23-17(27-18)22-14-3-1-2-13(20)8-14/h1-9H,10H2,(H,22,23). The third-order valence-electron chi connectivity index (χ3n) is 3.47. The van der Waals surface area contributed by atoms with E-state index in [0.29, 0.717) is 28.0 Å². The van der Waals surface area contributed by atoms with Crippen molar-refractivity contribution in [2.75, 3.05) is 5.32 Å². The molecule has 0 saturated carbocycles. The molecule has 27 heavy (non-hydrogen) atoms. The molecular formula is C18H12F2N4OS2. The van der Waals surface area contributed by atoms with Crippen LogP contribution in [-0.2, 0) is 5.75 Å². The maximum atomic E-state index is 13.2. The van der Waals surface area contributed by atoms with Crippen molar-refractivity contribution in [2.45, 2.75) is 10.1 Å². The number of benzene rings is 2. The van der Waals surface area contributed by atoms with Crippen LogP contribution in [0, 0.1) is 11.6 Å². The first-order chi connectivity index (χ1) is 13.2. The molecule has 4 rings (SSSR count). The van der Waals surface area contributed by atoms with E-state index in [-0.39, 0.29) is 11.6 Å². The minimum atomic E-state index is -0.317. The molecule has 0 fully saturated rings. The number of anilines is 2. The molecule has 0 spiro atoms. The lowest BCUT2D eigenvalue weighted by atomic mass is 10.2. The second kappa shape index (κ2) is 7.85. The quantitative estimate of drug-likeness (QED) is 0.429. The second-order valence-corrected chi connectivity index (χ2v) is 7.65. The predicted octanol–water partition coefficient (Wildman–Crippen LogP) is 5.51. The Hall–Kier alpha value is -2.78. The number of hydrogen-bond donors (Lipinski definition) is 1. The van der Waals surface area contributed by atoms with Crippen molar-refractivity contribution in [1.82, 2.24) is 15.2 Å². The minimum Gasteiger partial charge on any atom is -0.444 e. The molecule has 5 nitrogen and oxygen atoms in total. The van der Waals surface area contributed by atoms with Gasteiger partial charge in [0.15, 0.2) is 4.34 Å². The minimum absolute atomic E-state index is 0.306. The van der Waals surface area contributed by atoms with Crippen molar-refractivity contribution < 1.29 is 13.2 Å². The van der Waals surface area contributed by atoms with Crippen molar-refractivity contribution in [3.63, 3.8) is 0 Å². The third-order valence-corrected chi connectivity index (χ3v) is 5.47. The van der Waals surface area contributed by atoms with Gasteiger partial charge in [0.1, 0.15) is 17.9 Å². The Balaban J connectivity index is 1.37. The zero-order valence-corrected chi connectivity index (χ0v) is 15.4. The fourth-order valence-electron chi connectivity index (χ4n) is 2.24. The van der Waals surface area contributed by atoms with Crippen LogP contribution in [0.5, 0.6) is 0 Å². The highest BCUT2D eigenvalue weighted by Crippen LogP contribution is 2.30. The first kappa shape index (κ1) is 17.6. The van der Waals surface area contributed by atoms with Crippen molar-refractivity contribution in [3.05, 3.63) is 72.1 Å². The summed E-state index contributed by atoms with van der Waals surface area (Å²) in [4.78, 5) is 4.40. The van der Waals surface area contributed by atoms with E-state index in [1.807, 2.05) is 0 Å². The van der Waals surface area contributed by atoms with Gasteiger partial charge in [-0.15, -0.1) is 10.2 Å². The van der Waals surface area contributed by atoms with Crippen molar-refractivity contribution in [2.24, 2.45) is 0 Å².